The Labute approximate surface area is 144 Å². The van der Waals surface area contributed by atoms with Gasteiger partial charge in [0.25, 0.3) is 5.69 Å². The second-order valence-corrected chi connectivity index (χ2v) is 5.92. The summed E-state index contributed by atoms with van der Waals surface area (Å²) in [5, 5.41) is 10.7. The molecule has 0 N–H and O–H groups in total. The SMILES string of the molecule is O=C(Cc1ccc([N+](=O)[O-])cc1)N1CCN(c2ccccc2F)CC1. The van der Waals surface area contributed by atoms with Crippen LogP contribution in [-0.4, -0.2) is 41.9 Å². The lowest BCUT2D eigenvalue weighted by molar-refractivity contribution is -0.384. The first-order chi connectivity index (χ1) is 12.0. The van der Waals surface area contributed by atoms with E-state index in [0.29, 0.717) is 31.9 Å². The number of hydrogen-bond donors (Lipinski definition) is 0. The van der Waals surface area contributed by atoms with Gasteiger partial charge in [0.2, 0.25) is 5.91 Å². The molecule has 0 aliphatic carbocycles. The van der Waals surface area contributed by atoms with Crippen LogP contribution in [-0.2, 0) is 11.2 Å². The second-order valence-electron chi connectivity index (χ2n) is 5.92. The van der Waals surface area contributed by atoms with E-state index in [4.69, 9.17) is 0 Å². The summed E-state index contributed by atoms with van der Waals surface area (Å²) in [5.41, 5.74) is 1.31. The van der Waals surface area contributed by atoms with Crippen molar-refractivity contribution in [1.82, 2.24) is 4.90 Å². The van der Waals surface area contributed by atoms with Crippen LogP contribution in [0.2, 0.25) is 0 Å². The number of piperazine rings is 1. The highest BCUT2D eigenvalue weighted by molar-refractivity contribution is 5.79. The zero-order valence-corrected chi connectivity index (χ0v) is 13.6. The largest absolute Gasteiger partial charge is 0.366 e. The molecule has 0 radical (unpaired) electrons. The van der Waals surface area contributed by atoms with Gasteiger partial charge in [-0.05, 0) is 17.7 Å². The van der Waals surface area contributed by atoms with Crippen LogP contribution in [0.15, 0.2) is 48.5 Å². The van der Waals surface area contributed by atoms with Crippen molar-refractivity contribution in [2.45, 2.75) is 6.42 Å². The molecule has 0 saturated carbocycles. The third-order valence-corrected chi connectivity index (χ3v) is 4.33. The Kier molecular flexibility index (Phi) is 4.92. The van der Waals surface area contributed by atoms with Crippen molar-refractivity contribution in [1.29, 1.82) is 0 Å². The highest BCUT2D eigenvalue weighted by Crippen LogP contribution is 2.20. The maximum absolute atomic E-state index is 13.8. The van der Waals surface area contributed by atoms with Gasteiger partial charge in [0.1, 0.15) is 5.82 Å². The second kappa shape index (κ2) is 7.29. The zero-order chi connectivity index (χ0) is 17.8. The minimum Gasteiger partial charge on any atom is -0.366 e. The van der Waals surface area contributed by atoms with Crippen LogP contribution in [0.1, 0.15) is 5.56 Å². The molecule has 3 rings (SSSR count). The van der Waals surface area contributed by atoms with Gasteiger partial charge in [-0.2, -0.15) is 0 Å². The van der Waals surface area contributed by atoms with Crippen molar-refractivity contribution in [3.8, 4) is 0 Å². The maximum atomic E-state index is 13.8. The Morgan fingerprint density at radius 2 is 1.68 bits per heavy atom. The van der Waals surface area contributed by atoms with Gasteiger partial charge < -0.3 is 9.80 Å². The van der Waals surface area contributed by atoms with E-state index < -0.39 is 4.92 Å². The number of benzene rings is 2. The molecule has 130 valence electrons. The molecular weight excluding hydrogens is 325 g/mol. The molecule has 2 aromatic rings. The normalized spacial score (nSPS) is 14.4. The smallest absolute Gasteiger partial charge is 0.269 e. The molecule has 0 atom stereocenters. The third-order valence-electron chi connectivity index (χ3n) is 4.33. The molecule has 1 heterocycles. The monoisotopic (exact) mass is 343 g/mol. The van der Waals surface area contributed by atoms with E-state index in [1.165, 1.54) is 18.2 Å². The topological polar surface area (TPSA) is 66.7 Å². The standard InChI is InChI=1S/C18H18FN3O3/c19-16-3-1-2-4-17(16)20-9-11-21(12-10-20)18(23)13-14-5-7-15(8-6-14)22(24)25/h1-8H,9-13H2. The van der Waals surface area contributed by atoms with E-state index in [-0.39, 0.29) is 23.8 Å². The van der Waals surface area contributed by atoms with Crippen LogP contribution in [0, 0.1) is 15.9 Å². The maximum Gasteiger partial charge on any atom is 0.269 e. The molecule has 1 aliphatic heterocycles. The number of amides is 1. The number of carbonyl (C=O) groups is 1. The lowest BCUT2D eigenvalue weighted by atomic mass is 10.1. The van der Waals surface area contributed by atoms with Crippen LogP contribution < -0.4 is 4.90 Å². The van der Waals surface area contributed by atoms with E-state index in [9.17, 15) is 19.3 Å². The highest BCUT2D eigenvalue weighted by Gasteiger charge is 2.22. The number of para-hydroxylation sites is 1. The Balaban J connectivity index is 1.56. The minimum atomic E-state index is -0.465. The van der Waals surface area contributed by atoms with Crippen molar-refractivity contribution in [3.05, 3.63) is 70.0 Å². The quantitative estimate of drug-likeness (QED) is 0.632. The van der Waals surface area contributed by atoms with Crippen molar-refractivity contribution < 1.29 is 14.1 Å². The Bertz CT molecular complexity index is 771. The molecule has 0 unspecified atom stereocenters. The number of nitrogens with zero attached hydrogens (tertiary/aromatic N) is 3. The molecular formula is C18H18FN3O3. The number of nitro benzene ring substituents is 1. The van der Waals surface area contributed by atoms with E-state index >= 15 is 0 Å². The first-order valence-electron chi connectivity index (χ1n) is 8.05. The fourth-order valence-electron chi connectivity index (χ4n) is 2.93. The van der Waals surface area contributed by atoms with Crippen LogP contribution in [0.3, 0.4) is 0 Å². The molecule has 1 saturated heterocycles. The van der Waals surface area contributed by atoms with Crippen LogP contribution >= 0.6 is 0 Å². The van der Waals surface area contributed by atoms with E-state index in [1.807, 2.05) is 4.90 Å². The number of hydrogen-bond acceptors (Lipinski definition) is 4. The summed E-state index contributed by atoms with van der Waals surface area (Å²) < 4.78 is 13.8. The Hall–Kier alpha value is -2.96. The predicted octanol–water partition coefficient (Wildman–Crippen LogP) is 2.63. The molecule has 25 heavy (non-hydrogen) atoms. The number of non-ortho nitro benzene ring substituents is 1. The summed E-state index contributed by atoms with van der Waals surface area (Å²) in [6.07, 6.45) is 0.206. The number of halogens is 1. The van der Waals surface area contributed by atoms with Gasteiger partial charge in [-0.1, -0.05) is 24.3 Å². The average molecular weight is 343 g/mol. The minimum absolute atomic E-state index is 0.00898. The van der Waals surface area contributed by atoms with Crippen LogP contribution in [0.25, 0.3) is 0 Å². The van der Waals surface area contributed by atoms with Gasteiger partial charge in [0.15, 0.2) is 0 Å². The van der Waals surface area contributed by atoms with E-state index in [1.54, 1.807) is 35.2 Å². The van der Waals surface area contributed by atoms with Crippen LogP contribution in [0.4, 0.5) is 15.8 Å². The Morgan fingerprint density at radius 3 is 2.28 bits per heavy atom. The summed E-state index contributed by atoms with van der Waals surface area (Å²) in [7, 11) is 0. The van der Waals surface area contributed by atoms with Gasteiger partial charge in [0.05, 0.1) is 17.0 Å². The first kappa shape index (κ1) is 16.9. The summed E-state index contributed by atoms with van der Waals surface area (Å²) in [6, 6.07) is 12.6. The van der Waals surface area contributed by atoms with Gasteiger partial charge >= 0.3 is 0 Å². The third kappa shape index (κ3) is 3.93. The number of carbonyl (C=O) groups excluding carboxylic acids is 1. The lowest BCUT2D eigenvalue weighted by Gasteiger charge is -2.36. The van der Waals surface area contributed by atoms with Gasteiger partial charge in [-0.25, -0.2) is 4.39 Å². The van der Waals surface area contributed by atoms with Gasteiger partial charge in [-0.3, -0.25) is 14.9 Å². The first-order valence-corrected chi connectivity index (χ1v) is 8.05. The molecule has 1 amide bonds. The molecule has 2 aromatic carbocycles. The summed E-state index contributed by atoms with van der Waals surface area (Å²) >= 11 is 0. The molecule has 0 bridgehead atoms. The highest BCUT2D eigenvalue weighted by atomic mass is 19.1. The summed E-state index contributed by atoms with van der Waals surface area (Å²) in [5.74, 6) is -0.282. The fourth-order valence-corrected chi connectivity index (χ4v) is 2.93. The van der Waals surface area contributed by atoms with Crippen LogP contribution in [0.5, 0.6) is 0 Å². The van der Waals surface area contributed by atoms with Crippen molar-refractivity contribution in [2.24, 2.45) is 0 Å². The Morgan fingerprint density at radius 1 is 1.04 bits per heavy atom. The predicted molar refractivity (Wildman–Crippen MR) is 92.0 cm³/mol. The number of nitro groups is 1. The van der Waals surface area contributed by atoms with Gasteiger partial charge in [0, 0.05) is 38.3 Å². The van der Waals surface area contributed by atoms with E-state index in [2.05, 4.69) is 0 Å². The fraction of sp³-hybridized carbons (Fsp3) is 0.278. The molecule has 7 heteroatoms. The molecule has 1 aliphatic rings. The molecule has 1 fully saturated rings. The lowest BCUT2D eigenvalue weighted by Crippen LogP contribution is -2.49. The molecule has 0 aromatic heterocycles. The zero-order valence-electron chi connectivity index (χ0n) is 13.6. The van der Waals surface area contributed by atoms with Gasteiger partial charge in [-0.15, -0.1) is 0 Å². The van der Waals surface area contributed by atoms with Crippen molar-refractivity contribution >= 4 is 17.3 Å². The van der Waals surface area contributed by atoms with Crippen molar-refractivity contribution in [3.63, 3.8) is 0 Å². The number of rotatable bonds is 4. The van der Waals surface area contributed by atoms with Crippen molar-refractivity contribution in [2.75, 3.05) is 31.1 Å². The summed E-state index contributed by atoms with van der Waals surface area (Å²) in [6.45, 7) is 2.21. The molecule has 6 nitrogen and oxygen atoms in total. The average Bonchev–Trinajstić information content (AvgIpc) is 2.63. The number of anilines is 1. The summed E-state index contributed by atoms with van der Waals surface area (Å²) in [4.78, 5) is 26.3. The molecule has 0 spiro atoms. The van der Waals surface area contributed by atoms with E-state index in [0.717, 1.165) is 5.56 Å².